The molecule has 3 rings (SSSR count). The Morgan fingerprint density at radius 3 is 2.52 bits per heavy atom. The molecule has 0 radical (unpaired) electrons. The molecule has 29 heavy (non-hydrogen) atoms. The van der Waals surface area contributed by atoms with Gasteiger partial charge in [-0.3, -0.25) is 14.5 Å². The fourth-order valence-electron chi connectivity index (χ4n) is 2.56. The first-order chi connectivity index (χ1) is 13.7. The van der Waals surface area contributed by atoms with Crippen molar-refractivity contribution in [1.82, 2.24) is 4.90 Å². The number of anilines is 1. The fourth-order valence-corrected chi connectivity index (χ4v) is 3.81. The molecule has 2 aromatic rings. The minimum Gasteiger partial charge on any atom is -0.507 e. The number of alkyl halides is 3. The van der Waals surface area contributed by atoms with Gasteiger partial charge >= 0.3 is 6.18 Å². The van der Waals surface area contributed by atoms with Gasteiger partial charge < -0.3 is 10.4 Å². The van der Waals surface area contributed by atoms with E-state index < -0.39 is 35.8 Å². The maximum Gasteiger partial charge on any atom is 0.418 e. The van der Waals surface area contributed by atoms with Gasteiger partial charge in [-0.05, 0) is 24.3 Å². The zero-order valence-electron chi connectivity index (χ0n) is 14.6. The van der Waals surface area contributed by atoms with Crippen molar-refractivity contribution in [3.05, 3.63) is 64.6 Å². The zero-order chi connectivity index (χ0) is 21.2. The third kappa shape index (κ3) is 4.77. The third-order valence-corrected chi connectivity index (χ3v) is 5.28. The van der Waals surface area contributed by atoms with E-state index in [4.69, 9.17) is 12.2 Å². The van der Waals surface area contributed by atoms with E-state index in [1.54, 1.807) is 18.2 Å². The summed E-state index contributed by atoms with van der Waals surface area (Å²) in [6.45, 7) is -0.533. The van der Waals surface area contributed by atoms with Crippen LogP contribution in [0, 0.1) is 0 Å². The Morgan fingerprint density at radius 1 is 1.17 bits per heavy atom. The van der Waals surface area contributed by atoms with Crippen molar-refractivity contribution in [3.63, 3.8) is 0 Å². The first kappa shape index (κ1) is 20.9. The van der Waals surface area contributed by atoms with Crippen LogP contribution in [0.5, 0.6) is 5.75 Å². The highest BCUT2D eigenvalue weighted by Crippen LogP contribution is 2.36. The Balaban J connectivity index is 1.74. The van der Waals surface area contributed by atoms with Crippen molar-refractivity contribution in [2.75, 3.05) is 11.9 Å². The van der Waals surface area contributed by atoms with Crippen molar-refractivity contribution in [2.45, 2.75) is 6.18 Å². The summed E-state index contributed by atoms with van der Waals surface area (Å²) in [6.07, 6.45) is -3.20. The molecule has 150 valence electrons. The zero-order valence-corrected chi connectivity index (χ0v) is 16.2. The first-order valence-corrected chi connectivity index (χ1v) is 9.38. The van der Waals surface area contributed by atoms with Gasteiger partial charge in [0.05, 0.1) is 16.2 Å². The van der Waals surface area contributed by atoms with E-state index in [9.17, 15) is 27.9 Å². The molecule has 2 N–H and O–H groups in total. The number of hydrogen-bond donors (Lipinski definition) is 2. The van der Waals surface area contributed by atoms with Gasteiger partial charge in [0.15, 0.2) is 0 Å². The number of amides is 2. The number of thiocarbonyl (C=S) groups is 1. The smallest absolute Gasteiger partial charge is 0.418 e. The number of rotatable bonds is 4. The monoisotopic (exact) mass is 438 g/mol. The molecule has 2 aromatic carbocycles. The summed E-state index contributed by atoms with van der Waals surface area (Å²) in [5, 5.41) is 12.0. The molecule has 0 bridgehead atoms. The number of nitrogens with zero attached hydrogens (tertiary/aromatic N) is 1. The van der Waals surface area contributed by atoms with Crippen LogP contribution in [0.3, 0.4) is 0 Å². The number of carbonyl (C=O) groups excluding carboxylic acids is 2. The van der Waals surface area contributed by atoms with Crippen molar-refractivity contribution in [1.29, 1.82) is 0 Å². The van der Waals surface area contributed by atoms with Gasteiger partial charge in [0.25, 0.3) is 5.91 Å². The lowest BCUT2D eigenvalue weighted by atomic mass is 10.1. The Hall–Kier alpha value is -2.85. The standard InChI is InChI=1S/C19H13F3N2O3S2/c20-19(21,22)12-6-2-3-7-13(12)23-16(26)10-24-17(27)15(29-18(24)28)9-11-5-1-4-8-14(11)25/h1-9,25H,10H2,(H,23,26)/b15-9-. The molecule has 0 spiro atoms. The van der Waals surface area contributed by atoms with Gasteiger partial charge in [0.2, 0.25) is 5.91 Å². The molecule has 0 saturated carbocycles. The Labute approximate surface area is 173 Å². The van der Waals surface area contributed by atoms with Crippen LogP contribution >= 0.6 is 24.0 Å². The number of benzene rings is 2. The number of hydrogen-bond acceptors (Lipinski definition) is 5. The SMILES string of the molecule is O=C(CN1C(=O)/C(=C/c2ccccc2O)SC1=S)Nc1ccccc1C(F)(F)F. The number of para-hydroxylation sites is 2. The molecule has 10 heteroatoms. The second kappa shape index (κ2) is 8.26. The van der Waals surface area contributed by atoms with Gasteiger partial charge in [-0.1, -0.05) is 54.3 Å². The summed E-state index contributed by atoms with van der Waals surface area (Å²) in [5.41, 5.74) is -0.991. The number of phenolic OH excluding ortho intramolecular Hbond substituents is 1. The minimum absolute atomic E-state index is 0.0285. The van der Waals surface area contributed by atoms with E-state index in [1.807, 2.05) is 0 Å². The van der Waals surface area contributed by atoms with E-state index in [0.29, 0.717) is 5.56 Å². The van der Waals surface area contributed by atoms with Crippen molar-refractivity contribution in [2.24, 2.45) is 0 Å². The number of phenols is 1. The molecule has 1 saturated heterocycles. The highest BCUT2D eigenvalue weighted by molar-refractivity contribution is 8.26. The summed E-state index contributed by atoms with van der Waals surface area (Å²) < 4.78 is 39.2. The Kier molecular flexibility index (Phi) is 5.94. The number of thioether (sulfide) groups is 1. The normalized spacial score (nSPS) is 15.8. The summed E-state index contributed by atoms with van der Waals surface area (Å²) >= 11 is 6.06. The average molecular weight is 438 g/mol. The number of carbonyl (C=O) groups is 2. The van der Waals surface area contributed by atoms with Crippen LogP contribution < -0.4 is 5.32 Å². The van der Waals surface area contributed by atoms with E-state index in [1.165, 1.54) is 24.3 Å². The van der Waals surface area contributed by atoms with E-state index >= 15 is 0 Å². The van der Waals surface area contributed by atoms with Crippen molar-refractivity contribution in [3.8, 4) is 5.75 Å². The Bertz CT molecular complexity index is 1020. The molecular weight excluding hydrogens is 425 g/mol. The quantitative estimate of drug-likeness (QED) is 0.552. The van der Waals surface area contributed by atoms with E-state index in [-0.39, 0.29) is 15.0 Å². The molecule has 2 amide bonds. The van der Waals surface area contributed by atoms with Crippen LogP contribution in [0.2, 0.25) is 0 Å². The third-order valence-electron chi connectivity index (χ3n) is 3.91. The molecular formula is C19H13F3N2O3S2. The van der Waals surface area contributed by atoms with Crippen LogP contribution in [0.15, 0.2) is 53.4 Å². The molecule has 5 nitrogen and oxygen atoms in total. The highest BCUT2D eigenvalue weighted by atomic mass is 32.2. The van der Waals surface area contributed by atoms with Gasteiger partial charge in [0.1, 0.15) is 16.6 Å². The van der Waals surface area contributed by atoms with Gasteiger partial charge in [-0.25, -0.2) is 0 Å². The van der Waals surface area contributed by atoms with Crippen molar-refractivity contribution < 1.29 is 27.9 Å². The van der Waals surface area contributed by atoms with Crippen LogP contribution in [-0.2, 0) is 15.8 Å². The van der Waals surface area contributed by atoms with Crippen LogP contribution in [0.25, 0.3) is 6.08 Å². The van der Waals surface area contributed by atoms with Crippen LogP contribution in [0.4, 0.5) is 18.9 Å². The van der Waals surface area contributed by atoms with E-state index in [2.05, 4.69) is 5.32 Å². The largest absolute Gasteiger partial charge is 0.507 e. The lowest BCUT2D eigenvalue weighted by Gasteiger charge is -2.16. The predicted octanol–water partition coefficient (Wildman–Crippen LogP) is 4.25. The van der Waals surface area contributed by atoms with E-state index in [0.717, 1.165) is 28.8 Å². The fraction of sp³-hybridized carbons (Fsp3) is 0.105. The maximum absolute atomic E-state index is 13.1. The maximum atomic E-state index is 13.1. The molecule has 0 aromatic heterocycles. The molecule has 1 aliphatic rings. The Morgan fingerprint density at radius 2 is 1.83 bits per heavy atom. The average Bonchev–Trinajstić information content (AvgIpc) is 2.90. The summed E-state index contributed by atoms with van der Waals surface area (Å²) in [6, 6.07) is 10.9. The highest BCUT2D eigenvalue weighted by Gasteiger charge is 2.35. The number of halogens is 3. The second-order valence-corrected chi connectivity index (χ2v) is 7.59. The molecule has 1 fully saturated rings. The molecule has 1 aliphatic heterocycles. The molecule has 1 heterocycles. The van der Waals surface area contributed by atoms with Gasteiger partial charge in [-0.15, -0.1) is 0 Å². The second-order valence-electron chi connectivity index (χ2n) is 5.92. The summed E-state index contributed by atoms with van der Waals surface area (Å²) in [5.74, 6) is -1.41. The summed E-state index contributed by atoms with van der Waals surface area (Å²) in [7, 11) is 0. The number of aromatic hydroxyl groups is 1. The van der Waals surface area contributed by atoms with Crippen LogP contribution in [-0.4, -0.2) is 32.7 Å². The summed E-state index contributed by atoms with van der Waals surface area (Å²) in [4.78, 5) is 26.0. The van der Waals surface area contributed by atoms with Gasteiger partial charge in [0, 0.05) is 5.56 Å². The predicted molar refractivity (Wildman–Crippen MR) is 108 cm³/mol. The van der Waals surface area contributed by atoms with Gasteiger partial charge in [-0.2, -0.15) is 13.2 Å². The van der Waals surface area contributed by atoms with Crippen LogP contribution in [0.1, 0.15) is 11.1 Å². The molecule has 0 atom stereocenters. The minimum atomic E-state index is -4.63. The lowest BCUT2D eigenvalue weighted by Crippen LogP contribution is -2.36. The number of nitrogens with one attached hydrogen (secondary N) is 1. The topological polar surface area (TPSA) is 69.6 Å². The lowest BCUT2D eigenvalue weighted by molar-refractivity contribution is -0.137. The van der Waals surface area contributed by atoms with Crippen molar-refractivity contribution >= 4 is 51.9 Å². The molecule has 0 unspecified atom stereocenters. The first-order valence-electron chi connectivity index (χ1n) is 8.16. The molecule has 0 aliphatic carbocycles.